The first-order valence-corrected chi connectivity index (χ1v) is 9.18. The molecule has 0 aromatic heterocycles. The van der Waals surface area contributed by atoms with Crippen LogP contribution in [0.15, 0.2) is 48.5 Å². The van der Waals surface area contributed by atoms with Crippen molar-refractivity contribution in [1.82, 2.24) is 0 Å². The summed E-state index contributed by atoms with van der Waals surface area (Å²) in [4.78, 5) is 12.3. The van der Waals surface area contributed by atoms with E-state index in [-0.39, 0.29) is 0 Å². The molecule has 3 heteroatoms. The lowest BCUT2D eigenvalue weighted by atomic mass is 9.98. The van der Waals surface area contributed by atoms with Crippen molar-refractivity contribution in [2.24, 2.45) is 0 Å². The zero-order valence-electron chi connectivity index (χ0n) is 14.9. The standard InChI is InChI=1S/C22H27FO2/c1-2-3-4-5-6-7-8-17-9-11-18(12-10-17)21(24)22(25)19-13-15-20(23)16-14-19/h9-16,21,24H,2-8H2,1H3. The Hall–Kier alpha value is -2.00. The van der Waals surface area contributed by atoms with Gasteiger partial charge in [0.2, 0.25) is 0 Å². The van der Waals surface area contributed by atoms with Crippen molar-refractivity contribution in [3.63, 3.8) is 0 Å². The average molecular weight is 342 g/mol. The van der Waals surface area contributed by atoms with Crippen molar-refractivity contribution in [1.29, 1.82) is 0 Å². The number of ketones is 1. The number of rotatable bonds is 10. The maximum atomic E-state index is 12.9. The van der Waals surface area contributed by atoms with Crippen LogP contribution >= 0.6 is 0 Å². The van der Waals surface area contributed by atoms with Gasteiger partial charge in [0.1, 0.15) is 11.9 Å². The summed E-state index contributed by atoms with van der Waals surface area (Å²) in [5, 5.41) is 10.3. The molecule has 0 saturated carbocycles. The second-order valence-electron chi connectivity index (χ2n) is 6.53. The zero-order chi connectivity index (χ0) is 18.1. The zero-order valence-corrected chi connectivity index (χ0v) is 14.9. The monoisotopic (exact) mass is 342 g/mol. The number of aliphatic hydroxyl groups excluding tert-OH is 1. The van der Waals surface area contributed by atoms with E-state index in [1.54, 1.807) is 12.1 Å². The van der Waals surface area contributed by atoms with Crippen LogP contribution in [0.2, 0.25) is 0 Å². The molecule has 1 unspecified atom stereocenters. The maximum absolute atomic E-state index is 12.9. The molecular formula is C22H27FO2. The van der Waals surface area contributed by atoms with Crippen molar-refractivity contribution in [3.8, 4) is 0 Å². The Morgan fingerprint density at radius 1 is 0.920 bits per heavy atom. The number of benzene rings is 2. The molecule has 0 spiro atoms. The highest BCUT2D eigenvalue weighted by molar-refractivity contribution is 5.99. The van der Waals surface area contributed by atoms with Crippen LogP contribution < -0.4 is 0 Å². The molecule has 0 aliphatic rings. The van der Waals surface area contributed by atoms with Gasteiger partial charge in [-0.2, -0.15) is 0 Å². The quantitative estimate of drug-likeness (QED) is 0.448. The van der Waals surface area contributed by atoms with Gasteiger partial charge in [-0.3, -0.25) is 4.79 Å². The van der Waals surface area contributed by atoms with E-state index in [0.717, 1.165) is 6.42 Å². The fourth-order valence-corrected chi connectivity index (χ4v) is 2.90. The number of Topliss-reactive ketones (excluding diaryl/α,β-unsaturated/α-hetero) is 1. The number of unbranched alkanes of at least 4 members (excludes halogenated alkanes) is 5. The smallest absolute Gasteiger partial charge is 0.195 e. The van der Waals surface area contributed by atoms with Gasteiger partial charge in [-0.1, -0.05) is 63.3 Å². The molecule has 0 heterocycles. The Morgan fingerprint density at radius 3 is 2.16 bits per heavy atom. The van der Waals surface area contributed by atoms with Crippen LogP contribution in [0.25, 0.3) is 0 Å². The van der Waals surface area contributed by atoms with Crippen LogP contribution in [0.3, 0.4) is 0 Å². The summed E-state index contributed by atoms with van der Waals surface area (Å²) in [5.41, 5.74) is 2.10. The second kappa shape index (κ2) is 10.1. The summed E-state index contributed by atoms with van der Waals surface area (Å²) in [6, 6.07) is 12.8. The molecule has 0 amide bonds. The fraction of sp³-hybridized carbons (Fsp3) is 0.409. The van der Waals surface area contributed by atoms with Gasteiger partial charge in [-0.15, -0.1) is 0 Å². The molecule has 0 radical (unpaired) electrons. The van der Waals surface area contributed by atoms with Crippen LogP contribution in [0.1, 0.15) is 73.0 Å². The first-order valence-electron chi connectivity index (χ1n) is 9.18. The SMILES string of the molecule is CCCCCCCCc1ccc(C(O)C(=O)c2ccc(F)cc2)cc1. The minimum atomic E-state index is -1.21. The summed E-state index contributed by atoms with van der Waals surface area (Å²) in [5.74, 6) is -0.811. The Kier molecular flexibility index (Phi) is 7.80. The van der Waals surface area contributed by atoms with Crippen molar-refractivity contribution in [2.75, 3.05) is 0 Å². The van der Waals surface area contributed by atoms with Gasteiger partial charge in [0, 0.05) is 5.56 Å². The predicted molar refractivity (Wildman–Crippen MR) is 99.2 cm³/mol. The Bertz CT molecular complexity index is 647. The minimum Gasteiger partial charge on any atom is -0.380 e. The Morgan fingerprint density at radius 2 is 1.52 bits per heavy atom. The summed E-state index contributed by atoms with van der Waals surface area (Å²) >= 11 is 0. The van der Waals surface area contributed by atoms with E-state index in [4.69, 9.17) is 0 Å². The fourth-order valence-electron chi connectivity index (χ4n) is 2.90. The van der Waals surface area contributed by atoms with Crippen LogP contribution in [0, 0.1) is 5.82 Å². The number of hydrogen-bond donors (Lipinski definition) is 1. The highest BCUT2D eigenvalue weighted by atomic mass is 19.1. The lowest BCUT2D eigenvalue weighted by Crippen LogP contribution is -2.12. The van der Waals surface area contributed by atoms with Gasteiger partial charge >= 0.3 is 0 Å². The lowest BCUT2D eigenvalue weighted by Gasteiger charge is -2.11. The summed E-state index contributed by atoms with van der Waals surface area (Å²) in [6.07, 6.45) is 7.40. The van der Waals surface area contributed by atoms with E-state index < -0.39 is 17.7 Å². The van der Waals surface area contributed by atoms with E-state index >= 15 is 0 Å². The van der Waals surface area contributed by atoms with Gasteiger partial charge in [-0.25, -0.2) is 4.39 Å². The van der Waals surface area contributed by atoms with Gasteiger partial charge in [0.15, 0.2) is 5.78 Å². The van der Waals surface area contributed by atoms with Gasteiger partial charge in [0.25, 0.3) is 0 Å². The van der Waals surface area contributed by atoms with Crippen LogP contribution in [0.4, 0.5) is 4.39 Å². The van der Waals surface area contributed by atoms with Crippen molar-refractivity contribution in [3.05, 3.63) is 71.0 Å². The first-order chi connectivity index (χ1) is 12.1. The number of aryl methyl sites for hydroxylation is 1. The van der Waals surface area contributed by atoms with E-state index in [2.05, 4.69) is 6.92 Å². The highest BCUT2D eigenvalue weighted by Gasteiger charge is 2.19. The third-order valence-electron chi connectivity index (χ3n) is 4.49. The van der Waals surface area contributed by atoms with E-state index in [9.17, 15) is 14.3 Å². The summed E-state index contributed by atoms with van der Waals surface area (Å²) in [7, 11) is 0. The summed E-state index contributed by atoms with van der Waals surface area (Å²) in [6.45, 7) is 2.22. The normalized spacial score (nSPS) is 12.1. The van der Waals surface area contributed by atoms with Gasteiger partial charge in [0.05, 0.1) is 0 Å². The number of halogens is 1. The molecule has 25 heavy (non-hydrogen) atoms. The molecule has 0 saturated heterocycles. The molecule has 2 aromatic carbocycles. The minimum absolute atomic E-state index is 0.310. The molecule has 0 aliphatic heterocycles. The predicted octanol–water partition coefficient (Wildman–Crippen LogP) is 5.65. The van der Waals surface area contributed by atoms with Crippen LogP contribution in [-0.2, 0) is 6.42 Å². The third-order valence-corrected chi connectivity index (χ3v) is 4.49. The molecule has 2 nitrogen and oxygen atoms in total. The second-order valence-corrected chi connectivity index (χ2v) is 6.53. The van der Waals surface area contributed by atoms with Crippen molar-refractivity contribution < 1.29 is 14.3 Å². The molecular weight excluding hydrogens is 315 g/mol. The third kappa shape index (κ3) is 6.09. The number of aliphatic hydroxyl groups is 1. The van der Waals surface area contributed by atoms with Gasteiger partial charge in [-0.05, 0) is 48.2 Å². The average Bonchev–Trinajstić information content (AvgIpc) is 2.64. The number of carbonyl (C=O) groups is 1. The number of hydrogen-bond acceptors (Lipinski definition) is 2. The van der Waals surface area contributed by atoms with Crippen LogP contribution in [-0.4, -0.2) is 10.9 Å². The highest BCUT2D eigenvalue weighted by Crippen LogP contribution is 2.20. The molecule has 134 valence electrons. The molecule has 2 rings (SSSR count). The molecule has 0 aliphatic carbocycles. The van der Waals surface area contributed by atoms with Gasteiger partial charge < -0.3 is 5.11 Å². The van der Waals surface area contributed by atoms with E-state index in [1.165, 1.54) is 68.4 Å². The lowest BCUT2D eigenvalue weighted by molar-refractivity contribution is 0.0747. The molecule has 0 bridgehead atoms. The largest absolute Gasteiger partial charge is 0.380 e. The molecule has 2 aromatic rings. The summed E-state index contributed by atoms with van der Waals surface area (Å²) < 4.78 is 12.9. The molecule has 0 fully saturated rings. The van der Waals surface area contributed by atoms with Crippen LogP contribution in [0.5, 0.6) is 0 Å². The van der Waals surface area contributed by atoms with E-state index in [1.807, 2.05) is 12.1 Å². The molecule has 1 N–H and O–H groups in total. The molecule has 1 atom stereocenters. The topological polar surface area (TPSA) is 37.3 Å². The van der Waals surface area contributed by atoms with Crippen molar-refractivity contribution in [2.45, 2.75) is 58.0 Å². The Balaban J connectivity index is 1.86. The Labute approximate surface area is 149 Å². The maximum Gasteiger partial charge on any atom is 0.195 e. The number of carbonyl (C=O) groups excluding carboxylic acids is 1. The van der Waals surface area contributed by atoms with Crippen molar-refractivity contribution >= 4 is 5.78 Å². The van der Waals surface area contributed by atoms with E-state index in [0.29, 0.717) is 11.1 Å². The first kappa shape index (κ1) is 19.3.